The van der Waals surface area contributed by atoms with E-state index in [1.165, 1.54) is 11.8 Å². The van der Waals surface area contributed by atoms with Gasteiger partial charge in [-0.05, 0) is 30.2 Å². The molecule has 0 aliphatic carbocycles. The van der Waals surface area contributed by atoms with E-state index in [0.717, 1.165) is 5.56 Å². The van der Waals surface area contributed by atoms with Crippen LogP contribution < -0.4 is 10.1 Å². The molecule has 0 spiro atoms. The number of carboxylic acid groups (broad SMARTS) is 1. The molecule has 0 radical (unpaired) electrons. The van der Waals surface area contributed by atoms with Crippen LogP contribution in [-0.4, -0.2) is 41.2 Å². The number of nitrogens with one attached hydrogen (secondary N) is 1. The molecule has 1 unspecified atom stereocenters. The van der Waals surface area contributed by atoms with Crippen molar-refractivity contribution < 1.29 is 19.4 Å². The molecule has 22 heavy (non-hydrogen) atoms. The van der Waals surface area contributed by atoms with Crippen molar-refractivity contribution in [2.24, 2.45) is 0 Å². The first-order valence-corrected chi connectivity index (χ1v) is 7.15. The summed E-state index contributed by atoms with van der Waals surface area (Å²) in [7, 11) is 0. The SMILES string of the molecule is C=CCc1cc(NC(C)=O)ccc1OC1CCN(C(=O)O)C1. The van der Waals surface area contributed by atoms with E-state index in [1.54, 1.807) is 18.2 Å². The fraction of sp³-hybridized carbons (Fsp3) is 0.375. The molecule has 0 aromatic heterocycles. The zero-order valence-corrected chi connectivity index (χ0v) is 12.5. The molecule has 2 N–H and O–H groups in total. The van der Waals surface area contributed by atoms with E-state index in [4.69, 9.17) is 9.84 Å². The molecule has 1 atom stereocenters. The molecule has 0 saturated carbocycles. The van der Waals surface area contributed by atoms with Gasteiger partial charge in [-0.2, -0.15) is 0 Å². The Morgan fingerprint density at radius 3 is 2.91 bits per heavy atom. The molecule has 1 aromatic rings. The summed E-state index contributed by atoms with van der Waals surface area (Å²) in [6.07, 6.45) is 1.98. The molecule has 1 aliphatic rings. The largest absolute Gasteiger partial charge is 0.488 e. The Hall–Kier alpha value is -2.50. The number of hydrogen-bond donors (Lipinski definition) is 2. The van der Waals surface area contributed by atoms with Crippen molar-refractivity contribution in [1.82, 2.24) is 4.90 Å². The molecule has 118 valence electrons. The van der Waals surface area contributed by atoms with E-state index in [1.807, 2.05) is 6.07 Å². The Bertz CT molecular complexity index is 586. The predicted molar refractivity (Wildman–Crippen MR) is 83.3 cm³/mol. The highest BCUT2D eigenvalue weighted by Crippen LogP contribution is 2.26. The summed E-state index contributed by atoms with van der Waals surface area (Å²) < 4.78 is 5.93. The van der Waals surface area contributed by atoms with Gasteiger partial charge < -0.3 is 20.1 Å². The van der Waals surface area contributed by atoms with Crippen LogP contribution in [0.1, 0.15) is 18.9 Å². The maximum absolute atomic E-state index is 11.1. The standard InChI is InChI=1S/C16H20N2O4/c1-3-4-12-9-13(17-11(2)19)5-6-15(12)22-14-7-8-18(10-14)16(20)21/h3,5-6,9,14H,1,4,7-8,10H2,2H3,(H,17,19)(H,20,21). The van der Waals surface area contributed by atoms with Gasteiger partial charge in [-0.15, -0.1) is 6.58 Å². The normalized spacial score (nSPS) is 17.1. The lowest BCUT2D eigenvalue weighted by Crippen LogP contribution is -2.29. The van der Waals surface area contributed by atoms with E-state index in [9.17, 15) is 9.59 Å². The van der Waals surface area contributed by atoms with Gasteiger partial charge in [0.05, 0.1) is 6.54 Å². The smallest absolute Gasteiger partial charge is 0.407 e. The van der Waals surface area contributed by atoms with Crippen LogP contribution in [-0.2, 0) is 11.2 Å². The molecule has 1 saturated heterocycles. The molecule has 0 bridgehead atoms. The van der Waals surface area contributed by atoms with Gasteiger partial charge in [0.1, 0.15) is 11.9 Å². The zero-order valence-electron chi connectivity index (χ0n) is 12.5. The molecule has 6 heteroatoms. The maximum Gasteiger partial charge on any atom is 0.407 e. The average Bonchev–Trinajstić information content (AvgIpc) is 2.90. The molecule has 1 aliphatic heterocycles. The number of benzene rings is 1. The summed E-state index contributed by atoms with van der Waals surface area (Å²) in [5.74, 6) is 0.567. The van der Waals surface area contributed by atoms with Crippen molar-refractivity contribution in [3.05, 3.63) is 36.4 Å². The molecule has 2 amide bonds. The Labute approximate surface area is 129 Å². The van der Waals surface area contributed by atoms with Crippen LogP contribution in [0.2, 0.25) is 0 Å². The van der Waals surface area contributed by atoms with E-state index in [-0.39, 0.29) is 12.0 Å². The number of hydrogen-bond acceptors (Lipinski definition) is 3. The van der Waals surface area contributed by atoms with Gasteiger partial charge in [0, 0.05) is 25.6 Å². The van der Waals surface area contributed by atoms with Crippen LogP contribution >= 0.6 is 0 Å². The number of amides is 2. The molecule has 1 aromatic carbocycles. The maximum atomic E-state index is 11.1. The predicted octanol–water partition coefficient (Wildman–Crippen LogP) is 2.50. The monoisotopic (exact) mass is 304 g/mol. The lowest BCUT2D eigenvalue weighted by molar-refractivity contribution is -0.114. The summed E-state index contributed by atoms with van der Waals surface area (Å²) in [6, 6.07) is 5.42. The topological polar surface area (TPSA) is 78.9 Å². The number of likely N-dealkylation sites (tertiary alicyclic amines) is 1. The summed E-state index contributed by atoms with van der Waals surface area (Å²) in [4.78, 5) is 23.4. The number of carbonyl (C=O) groups is 2. The third-order valence-corrected chi connectivity index (χ3v) is 3.45. The molecule has 2 rings (SSSR count). The van der Waals surface area contributed by atoms with E-state index in [2.05, 4.69) is 11.9 Å². The van der Waals surface area contributed by atoms with Crippen LogP contribution in [0.25, 0.3) is 0 Å². The number of anilines is 1. The Morgan fingerprint density at radius 1 is 1.55 bits per heavy atom. The number of nitrogens with zero attached hydrogens (tertiary/aromatic N) is 1. The van der Waals surface area contributed by atoms with E-state index in [0.29, 0.717) is 37.4 Å². The number of rotatable bonds is 5. The number of carbonyl (C=O) groups excluding carboxylic acids is 1. The summed E-state index contributed by atoms with van der Waals surface area (Å²) in [5.41, 5.74) is 1.62. The second-order valence-electron chi connectivity index (χ2n) is 5.25. The van der Waals surface area contributed by atoms with Crippen LogP contribution in [0.5, 0.6) is 5.75 Å². The van der Waals surface area contributed by atoms with Gasteiger partial charge >= 0.3 is 6.09 Å². The van der Waals surface area contributed by atoms with Gasteiger partial charge in [0.2, 0.25) is 5.91 Å². The fourth-order valence-corrected chi connectivity index (χ4v) is 2.47. The number of allylic oxidation sites excluding steroid dienone is 1. The first kappa shape index (κ1) is 15.9. The highest BCUT2D eigenvalue weighted by Gasteiger charge is 2.27. The summed E-state index contributed by atoms with van der Waals surface area (Å²) >= 11 is 0. The van der Waals surface area contributed by atoms with Crippen LogP contribution in [0.15, 0.2) is 30.9 Å². The van der Waals surface area contributed by atoms with Gasteiger partial charge in [0.25, 0.3) is 0 Å². The Kier molecular flexibility index (Phi) is 5.04. The molecule has 1 fully saturated rings. The third kappa shape index (κ3) is 4.00. The van der Waals surface area contributed by atoms with E-state index >= 15 is 0 Å². The Morgan fingerprint density at radius 2 is 2.32 bits per heavy atom. The van der Waals surface area contributed by atoms with Gasteiger partial charge in [0.15, 0.2) is 0 Å². The molecule has 6 nitrogen and oxygen atoms in total. The minimum atomic E-state index is -0.918. The minimum Gasteiger partial charge on any atom is -0.488 e. The van der Waals surface area contributed by atoms with Gasteiger partial charge in [-0.3, -0.25) is 4.79 Å². The van der Waals surface area contributed by atoms with E-state index < -0.39 is 6.09 Å². The third-order valence-electron chi connectivity index (χ3n) is 3.45. The quantitative estimate of drug-likeness (QED) is 0.819. The van der Waals surface area contributed by atoms with Gasteiger partial charge in [-0.1, -0.05) is 6.08 Å². The first-order chi connectivity index (χ1) is 10.5. The molecule has 1 heterocycles. The second-order valence-corrected chi connectivity index (χ2v) is 5.25. The van der Waals surface area contributed by atoms with Crippen molar-refractivity contribution >= 4 is 17.7 Å². The van der Waals surface area contributed by atoms with Crippen LogP contribution in [0.4, 0.5) is 10.5 Å². The van der Waals surface area contributed by atoms with Crippen molar-refractivity contribution in [2.75, 3.05) is 18.4 Å². The zero-order chi connectivity index (χ0) is 16.1. The average molecular weight is 304 g/mol. The highest BCUT2D eigenvalue weighted by molar-refractivity contribution is 5.88. The van der Waals surface area contributed by atoms with Crippen LogP contribution in [0, 0.1) is 0 Å². The fourth-order valence-electron chi connectivity index (χ4n) is 2.47. The minimum absolute atomic E-state index is 0.133. The Balaban J connectivity index is 2.11. The second kappa shape index (κ2) is 6.98. The first-order valence-electron chi connectivity index (χ1n) is 7.15. The lowest BCUT2D eigenvalue weighted by Gasteiger charge is -2.17. The van der Waals surface area contributed by atoms with Crippen molar-refractivity contribution in [2.45, 2.75) is 25.9 Å². The van der Waals surface area contributed by atoms with Gasteiger partial charge in [-0.25, -0.2) is 4.79 Å². The van der Waals surface area contributed by atoms with Crippen LogP contribution in [0.3, 0.4) is 0 Å². The van der Waals surface area contributed by atoms with Crippen molar-refractivity contribution in [3.8, 4) is 5.75 Å². The summed E-state index contributed by atoms with van der Waals surface area (Å²) in [6.45, 7) is 6.04. The molecular weight excluding hydrogens is 284 g/mol. The highest BCUT2D eigenvalue weighted by atomic mass is 16.5. The summed E-state index contributed by atoms with van der Waals surface area (Å²) in [5, 5.41) is 11.7. The lowest BCUT2D eigenvalue weighted by atomic mass is 10.1. The number of ether oxygens (including phenoxy) is 1. The van der Waals surface area contributed by atoms with Crippen molar-refractivity contribution in [1.29, 1.82) is 0 Å². The van der Waals surface area contributed by atoms with Crippen molar-refractivity contribution in [3.63, 3.8) is 0 Å². The molecular formula is C16H20N2O4.